The second kappa shape index (κ2) is 7.36. The molecule has 1 aliphatic heterocycles. The number of hydrogen-bond acceptors (Lipinski definition) is 5. The Bertz CT molecular complexity index is 940. The Morgan fingerprint density at radius 2 is 1.70 bits per heavy atom. The molecule has 1 heterocycles. The number of carbonyl (C=O) groups excluding carboxylic acids is 4. The summed E-state index contributed by atoms with van der Waals surface area (Å²) in [4.78, 5) is 48.6. The van der Waals surface area contributed by atoms with E-state index in [0.29, 0.717) is 5.56 Å². The maximum Gasteiger partial charge on any atom is 0.338 e. The van der Waals surface area contributed by atoms with Gasteiger partial charge in [-0.25, -0.2) is 9.18 Å². The van der Waals surface area contributed by atoms with Crippen molar-refractivity contribution in [2.45, 2.75) is 6.54 Å². The number of nitrogens with one attached hydrogen (secondary N) is 1. The molecule has 8 heteroatoms. The molecule has 1 N–H and O–H groups in total. The summed E-state index contributed by atoms with van der Waals surface area (Å²) in [5.41, 5.74) is 1.10. The fraction of sp³-hybridized carbons (Fsp3) is 0.158. The number of hydrogen-bond donors (Lipinski definition) is 1. The number of imide groups is 1. The molecule has 138 valence electrons. The Morgan fingerprint density at radius 1 is 1.04 bits per heavy atom. The number of rotatable bonds is 5. The van der Waals surface area contributed by atoms with Crippen molar-refractivity contribution in [2.75, 3.05) is 13.7 Å². The Kier molecular flexibility index (Phi) is 4.98. The van der Waals surface area contributed by atoms with Crippen LogP contribution in [0.3, 0.4) is 0 Å². The first-order chi connectivity index (χ1) is 12.9. The van der Waals surface area contributed by atoms with Crippen LogP contribution in [-0.4, -0.2) is 42.2 Å². The molecular formula is C19H15FN2O5. The van der Waals surface area contributed by atoms with E-state index in [-0.39, 0.29) is 29.1 Å². The van der Waals surface area contributed by atoms with Gasteiger partial charge in [-0.2, -0.15) is 0 Å². The largest absolute Gasteiger partial charge is 0.452 e. The Labute approximate surface area is 153 Å². The summed E-state index contributed by atoms with van der Waals surface area (Å²) in [6, 6.07) is 9.63. The first-order valence-electron chi connectivity index (χ1n) is 8.01. The van der Waals surface area contributed by atoms with Gasteiger partial charge in [0.15, 0.2) is 6.61 Å². The quantitative estimate of drug-likeness (QED) is 0.636. The molecule has 2 aromatic carbocycles. The van der Waals surface area contributed by atoms with Gasteiger partial charge in [0.25, 0.3) is 17.7 Å². The lowest BCUT2D eigenvalue weighted by molar-refractivity contribution is -0.124. The van der Waals surface area contributed by atoms with Gasteiger partial charge >= 0.3 is 5.97 Å². The monoisotopic (exact) mass is 370 g/mol. The predicted molar refractivity (Wildman–Crippen MR) is 91.4 cm³/mol. The van der Waals surface area contributed by atoms with Crippen LogP contribution in [0.25, 0.3) is 0 Å². The maximum absolute atomic E-state index is 12.8. The lowest BCUT2D eigenvalue weighted by Crippen LogP contribution is -2.28. The van der Waals surface area contributed by atoms with Gasteiger partial charge < -0.3 is 10.1 Å². The first-order valence-corrected chi connectivity index (χ1v) is 8.01. The molecule has 0 aromatic heterocycles. The first kappa shape index (κ1) is 18.2. The molecule has 3 rings (SSSR count). The fourth-order valence-corrected chi connectivity index (χ4v) is 2.56. The normalized spacial score (nSPS) is 12.7. The number of benzene rings is 2. The third-order valence-electron chi connectivity index (χ3n) is 4.06. The summed E-state index contributed by atoms with van der Waals surface area (Å²) >= 11 is 0. The van der Waals surface area contributed by atoms with Crippen LogP contribution < -0.4 is 5.32 Å². The van der Waals surface area contributed by atoms with E-state index in [2.05, 4.69) is 5.32 Å². The molecule has 0 saturated heterocycles. The van der Waals surface area contributed by atoms with Crippen LogP contribution in [0, 0.1) is 5.82 Å². The van der Waals surface area contributed by atoms with E-state index in [1.165, 1.54) is 49.5 Å². The summed E-state index contributed by atoms with van der Waals surface area (Å²) in [5.74, 6) is -2.62. The molecule has 0 fully saturated rings. The van der Waals surface area contributed by atoms with Gasteiger partial charge in [0.2, 0.25) is 0 Å². The third kappa shape index (κ3) is 3.84. The summed E-state index contributed by atoms with van der Waals surface area (Å²) < 4.78 is 17.7. The fourth-order valence-electron chi connectivity index (χ4n) is 2.56. The molecule has 3 amide bonds. The molecule has 0 aliphatic carbocycles. The number of nitrogens with zero attached hydrogens (tertiary/aromatic N) is 1. The van der Waals surface area contributed by atoms with E-state index < -0.39 is 30.3 Å². The molecular weight excluding hydrogens is 355 g/mol. The van der Waals surface area contributed by atoms with Crippen LogP contribution in [0.1, 0.15) is 36.6 Å². The number of fused-ring (bicyclic) bond motifs is 1. The number of amides is 3. The van der Waals surface area contributed by atoms with Gasteiger partial charge in [0.1, 0.15) is 5.82 Å². The van der Waals surface area contributed by atoms with E-state index in [1.807, 2.05) is 0 Å². The summed E-state index contributed by atoms with van der Waals surface area (Å²) in [7, 11) is 1.36. The van der Waals surface area contributed by atoms with Crippen molar-refractivity contribution in [2.24, 2.45) is 0 Å². The summed E-state index contributed by atoms with van der Waals surface area (Å²) in [6.07, 6.45) is 0. The molecule has 1 aliphatic rings. The topological polar surface area (TPSA) is 92.8 Å². The van der Waals surface area contributed by atoms with Crippen molar-refractivity contribution in [1.82, 2.24) is 10.2 Å². The smallest absolute Gasteiger partial charge is 0.338 e. The standard InChI is InChI=1S/C19H15FN2O5/c1-22-17(24)14-7-4-12(8-15(14)18(22)25)19(26)27-10-16(23)21-9-11-2-5-13(20)6-3-11/h2-8H,9-10H2,1H3,(H,21,23). The van der Waals surface area contributed by atoms with Crippen LogP contribution in [0.4, 0.5) is 4.39 Å². The highest BCUT2D eigenvalue weighted by atomic mass is 19.1. The SMILES string of the molecule is CN1C(=O)c2ccc(C(=O)OCC(=O)NCc3ccc(F)cc3)cc2C1=O. The lowest BCUT2D eigenvalue weighted by atomic mass is 10.1. The van der Waals surface area contributed by atoms with Crippen LogP contribution in [-0.2, 0) is 16.1 Å². The van der Waals surface area contributed by atoms with Gasteiger partial charge in [-0.1, -0.05) is 12.1 Å². The second-order valence-corrected chi connectivity index (χ2v) is 5.91. The van der Waals surface area contributed by atoms with Gasteiger partial charge in [-0.05, 0) is 35.9 Å². The van der Waals surface area contributed by atoms with E-state index in [4.69, 9.17) is 4.74 Å². The van der Waals surface area contributed by atoms with Crippen LogP contribution in [0.5, 0.6) is 0 Å². The average Bonchev–Trinajstić information content (AvgIpc) is 2.89. The van der Waals surface area contributed by atoms with E-state index in [9.17, 15) is 23.6 Å². The molecule has 0 radical (unpaired) electrons. The van der Waals surface area contributed by atoms with Gasteiger partial charge in [-0.15, -0.1) is 0 Å². The minimum Gasteiger partial charge on any atom is -0.452 e. The average molecular weight is 370 g/mol. The molecule has 2 aromatic rings. The zero-order valence-electron chi connectivity index (χ0n) is 14.3. The van der Waals surface area contributed by atoms with Crippen molar-refractivity contribution >= 4 is 23.7 Å². The van der Waals surface area contributed by atoms with Crippen LogP contribution in [0.2, 0.25) is 0 Å². The summed E-state index contributed by atoms with van der Waals surface area (Å²) in [5, 5.41) is 2.54. The molecule has 0 saturated carbocycles. The molecule has 0 unspecified atom stereocenters. The van der Waals surface area contributed by atoms with Crippen molar-refractivity contribution in [3.8, 4) is 0 Å². The van der Waals surface area contributed by atoms with Crippen molar-refractivity contribution < 1.29 is 28.3 Å². The molecule has 27 heavy (non-hydrogen) atoms. The third-order valence-corrected chi connectivity index (χ3v) is 4.06. The van der Waals surface area contributed by atoms with Gasteiger partial charge in [0, 0.05) is 13.6 Å². The van der Waals surface area contributed by atoms with Gasteiger partial charge in [0.05, 0.1) is 16.7 Å². The van der Waals surface area contributed by atoms with Crippen molar-refractivity contribution in [3.05, 3.63) is 70.5 Å². The molecule has 0 spiro atoms. The highest BCUT2D eigenvalue weighted by Gasteiger charge is 2.33. The summed E-state index contributed by atoms with van der Waals surface area (Å²) in [6.45, 7) is -0.345. The van der Waals surface area contributed by atoms with Crippen molar-refractivity contribution in [1.29, 1.82) is 0 Å². The van der Waals surface area contributed by atoms with E-state index >= 15 is 0 Å². The van der Waals surface area contributed by atoms with Gasteiger partial charge in [-0.3, -0.25) is 19.3 Å². The maximum atomic E-state index is 12.8. The molecule has 7 nitrogen and oxygen atoms in total. The second-order valence-electron chi connectivity index (χ2n) is 5.91. The Hall–Kier alpha value is -3.55. The number of ether oxygens (including phenoxy) is 1. The zero-order valence-corrected chi connectivity index (χ0v) is 14.3. The van der Waals surface area contributed by atoms with Crippen LogP contribution >= 0.6 is 0 Å². The number of carbonyl (C=O) groups is 4. The van der Waals surface area contributed by atoms with E-state index in [1.54, 1.807) is 0 Å². The van der Waals surface area contributed by atoms with E-state index in [0.717, 1.165) is 4.90 Å². The Morgan fingerprint density at radius 3 is 2.41 bits per heavy atom. The zero-order chi connectivity index (χ0) is 19.6. The highest BCUT2D eigenvalue weighted by Crippen LogP contribution is 2.23. The highest BCUT2D eigenvalue weighted by molar-refractivity contribution is 6.21. The minimum absolute atomic E-state index is 0.0662. The van der Waals surface area contributed by atoms with Crippen LogP contribution in [0.15, 0.2) is 42.5 Å². The lowest BCUT2D eigenvalue weighted by Gasteiger charge is -2.07. The predicted octanol–water partition coefficient (Wildman–Crippen LogP) is 1.52. The number of halogens is 1. The molecule has 0 atom stereocenters. The Balaban J connectivity index is 1.55. The minimum atomic E-state index is -0.787. The van der Waals surface area contributed by atoms with Crippen molar-refractivity contribution in [3.63, 3.8) is 0 Å². The molecule has 0 bridgehead atoms. The number of esters is 1.